The lowest BCUT2D eigenvalue weighted by Crippen LogP contribution is -2.67. The van der Waals surface area contributed by atoms with Gasteiger partial charge in [-0.25, -0.2) is 8.42 Å². The Hall–Kier alpha value is -2.79. The number of nitrogens with zero attached hydrogens (tertiary/aromatic N) is 1. The maximum atomic E-state index is 13.3. The van der Waals surface area contributed by atoms with Crippen molar-refractivity contribution in [3.8, 4) is 0 Å². The molecule has 1 heterocycles. The number of amides is 1. The van der Waals surface area contributed by atoms with E-state index in [0.717, 1.165) is 0 Å². The number of anilines is 1. The number of rotatable bonds is 11. The first-order chi connectivity index (χ1) is 20.5. The first-order valence-corrected chi connectivity index (χ1v) is 19.0. The van der Waals surface area contributed by atoms with Gasteiger partial charge in [-0.15, -0.1) is 0 Å². The molecule has 0 unspecified atom stereocenters. The molecule has 3 aromatic rings. The van der Waals surface area contributed by atoms with Gasteiger partial charge < -0.3 is 14.1 Å². The zero-order chi connectivity index (χ0) is 32.4. The molecule has 44 heavy (non-hydrogen) atoms. The number of carbonyl (C=O) groups excluding carboxylic acids is 1. The van der Waals surface area contributed by atoms with Gasteiger partial charge in [-0.2, -0.15) is 0 Å². The van der Waals surface area contributed by atoms with Gasteiger partial charge in [-0.1, -0.05) is 100 Å². The normalized spacial score (nSPS) is 18.6. The lowest BCUT2D eigenvalue weighted by molar-refractivity contribution is -0.118. The van der Waals surface area contributed by atoms with Crippen LogP contribution in [-0.2, 0) is 24.5 Å². The molecule has 4 rings (SSSR count). The maximum Gasteiger partial charge on any atom is 0.261 e. The minimum Gasteiger partial charge on any atom is -0.406 e. The van der Waals surface area contributed by atoms with Crippen molar-refractivity contribution < 1.29 is 27.3 Å². The molecule has 1 aliphatic carbocycles. The first-order valence-electron chi connectivity index (χ1n) is 15.4. The molecule has 1 amide bonds. The third-order valence-corrected chi connectivity index (χ3v) is 16.7. The zero-order valence-corrected chi connectivity index (χ0v) is 28.9. The van der Waals surface area contributed by atoms with Crippen LogP contribution in [0.3, 0.4) is 0 Å². The Morgan fingerprint density at radius 1 is 0.932 bits per heavy atom. The fourth-order valence-corrected chi connectivity index (χ4v) is 12.4. The van der Waals surface area contributed by atoms with E-state index in [2.05, 4.69) is 55.5 Å². The number of carbonyl (C=O) groups is 1. The molecular formula is C34H48N2O6SSi. The fraction of sp³-hybridized carbons (Fsp3) is 0.529. The molecular weight excluding hydrogens is 593 g/mol. The number of hydrogen-bond acceptors (Lipinski definition) is 7. The summed E-state index contributed by atoms with van der Waals surface area (Å²) in [4.78, 5) is 13.3. The van der Waals surface area contributed by atoms with Crippen molar-refractivity contribution in [3.05, 3.63) is 72.4 Å². The maximum absolute atomic E-state index is 13.3. The van der Waals surface area contributed by atoms with E-state index in [0.29, 0.717) is 38.0 Å². The van der Waals surface area contributed by atoms with Crippen LogP contribution in [0.15, 0.2) is 71.3 Å². The molecule has 1 aliphatic rings. The molecule has 8 nitrogen and oxygen atoms in total. The number of aliphatic hydroxyl groups excluding tert-OH is 1. The molecule has 0 aliphatic heterocycles. The minimum atomic E-state index is -3.78. The molecule has 2 N–H and O–H groups in total. The van der Waals surface area contributed by atoms with Gasteiger partial charge in [0, 0.05) is 18.1 Å². The Morgan fingerprint density at radius 3 is 1.95 bits per heavy atom. The Balaban J connectivity index is 1.52. The molecule has 0 radical (unpaired) electrons. The smallest absolute Gasteiger partial charge is 0.261 e. The summed E-state index contributed by atoms with van der Waals surface area (Å²) in [7, 11) is -6.57. The molecule has 1 aromatic heterocycles. The highest BCUT2D eigenvalue weighted by Gasteiger charge is 2.51. The van der Waals surface area contributed by atoms with Gasteiger partial charge in [0.2, 0.25) is 11.8 Å². The van der Waals surface area contributed by atoms with E-state index in [-0.39, 0.29) is 28.7 Å². The van der Waals surface area contributed by atoms with Crippen molar-refractivity contribution in [1.82, 2.24) is 5.16 Å². The van der Waals surface area contributed by atoms with Crippen LogP contribution in [0.25, 0.3) is 0 Å². The standard InChI is InChI=1S/C34H48N2O6SSi/c1-32(2,3)44(27-14-10-8-11-15-27,28-16-12-9-13-17-28)41-24-33(4,5)29-22-30(42-36-29)35-31(38)34(6,7)43(39,40)23-25-18-20-26(37)21-19-25/h8-17,22,25-26,37H,18-21,23-24H2,1-7H3,(H,35,38). The van der Waals surface area contributed by atoms with Gasteiger partial charge in [0.25, 0.3) is 8.32 Å². The van der Waals surface area contributed by atoms with E-state index in [1.165, 1.54) is 24.2 Å². The Morgan fingerprint density at radius 2 is 1.45 bits per heavy atom. The van der Waals surface area contributed by atoms with E-state index in [1.807, 2.05) is 50.2 Å². The molecule has 0 bridgehead atoms. The lowest BCUT2D eigenvalue weighted by Gasteiger charge is -2.44. The molecule has 0 saturated heterocycles. The van der Waals surface area contributed by atoms with Crippen LogP contribution < -0.4 is 15.7 Å². The number of aromatic nitrogens is 1. The summed E-state index contributed by atoms with van der Waals surface area (Å²) in [5.41, 5.74) is -0.000633. The second-order valence-corrected chi connectivity index (χ2v) is 21.2. The van der Waals surface area contributed by atoms with E-state index >= 15 is 0 Å². The van der Waals surface area contributed by atoms with Crippen LogP contribution in [0.2, 0.25) is 5.04 Å². The van der Waals surface area contributed by atoms with Crippen molar-refractivity contribution in [2.75, 3.05) is 17.7 Å². The van der Waals surface area contributed by atoms with Crippen LogP contribution in [0, 0.1) is 5.92 Å². The first kappa shape index (κ1) is 34.1. The minimum absolute atomic E-state index is 0.0660. The van der Waals surface area contributed by atoms with Crippen LogP contribution >= 0.6 is 0 Å². The second-order valence-electron chi connectivity index (χ2n) is 14.3. The summed E-state index contributed by atoms with van der Waals surface area (Å²) in [5, 5.41) is 18.9. The Kier molecular flexibility index (Phi) is 10.00. The molecule has 10 heteroatoms. The number of aliphatic hydroxyl groups is 1. The average molecular weight is 641 g/mol. The zero-order valence-electron chi connectivity index (χ0n) is 27.1. The predicted octanol–water partition coefficient (Wildman–Crippen LogP) is 5.21. The van der Waals surface area contributed by atoms with E-state index in [4.69, 9.17) is 8.95 Å². The number of nitrogens with one attached hydrogen (secondary N) is 1. The molecule has 240 valence electrons. The van der Waals surface area contributed by atoms with Crippen molar-refractivity contribution in [3.63, 3.8) is 0 Å². The van der Waals surface area contributed by atoms with Crippen LogP contribution in [0.4, 0.5) is 5.88 Å². The summed E-state index contributed by atoms with van der Waals surface area (Å²) in [5.74, 6) is -0.734. The van der Waals surface area contributed by atoms with Gasteiger partial charge >= 0.3 is 0 Å². The fourth-order valence-electron chi connectivity index (χ4n) is 6.01. The highest BCUT2D eigenvalue weighted by Crippen LogP contribution is 2.38. The highest BCUT2D eigenvalue weighted by molar-refractivity contribution is 7.93. The largest absolute Gasteiger partial charge is 0.406 e. The number of benzene rings is 2. The quantitative estimate of drug-likeness (QED) is 0.276. The van der Waals surface area contributed by atoms with Crippen molar-refractivity contribution in [2.24, 2.45) is 5.92 Å². The summed E-state index contributed by atoms with van der Waals surface area (Å²) in [6.07, 6.45) is 2.07. The summed E-state index contributed by atoms with van der Waals surface area (Å²) in [6, 6.07) is 22.5. The third kappa shape index (κ3) is 7.03. The van der Waals surface area contributed by atoms with Crippen LogP contribution in [0.5, 0.6) is 0 Å². The molecule has 1 saturated carbocycles. The number of sulfone groups is 1. The lowest BCUT2D eigenvalue weighted by atomic mass is 9.89. The van der Waals surface area contributed by atoms with E-state index in [9.17, 15) is 18.3 Å². The highest BCUT2D eigenvalue weighted by atomic mass is 32.2. The van der Waals surface area contributed by atoms with E-state index in [1.54, 1.807) is 6.07 Å². The molecule has 2 aromatic carbocycles. The van der Waals surface area contributed by atoms with Gasteiger partial charge in [-0.3, -0.25) is 10.1 Å². The molecule has 1 fully saturated rings. The van der Waals surface area contributed by atoms with Gasteiger partial charge in [-0.05, 0) is 60.9 Å². The molecule has 0 atom stereocenters. The Bertz CT molecular complexity index is 1470. The van der Waals surface area contributed by atoms with Crippen LogP contribution in [0.1, 0.15) is 79.8 Å². The van der Waals surface area contributed by atoms with Crippen molar-refractivity contribution in [1.29, 1.82) is 0 Å². The summed E-state index contributed by atoms with van der Waals surface area (Å²) >= 11 is 0. The third-order valence-electron chi connectivity index (χ3n) is 9.10. The summed E-state index contributed by atoms with van der Waals surface area (Å²) < 4.78 is 37.6. The SMILES string of the molecule is CC(C)(CO[Si](c1ccccc1)(c1ccccc1)C(C)(C)C)c1cc(NC(=O)C(C)(C)S(=O)(=O)CC2CCC(O)CC2)on1. The monoisotopic (exact) mass is 640 g/mol. The molecule has 0 spiro atoms. The predicted molar refractivity (Wildman–Crippen MR) is 178 cm³/mol. The van der Waals surface area contributed by atoms with Gasteiger partial charge in [0.05, 0.1) is 17.6 Å². The van der Waals surface area contributed by atoms with Crippen molar-refractivity contribution >= 4 is 40.3 Å². The summed E-state index contributed by atoms with van der Waals surface area (Å²) in [6.45, 7) is 13.9. The average Bonchev–Trinajstić information content (AvgIpc) is 3.44. The van der Waals surface area contributed by atoms with Crippen LogP contribution in [-0.4, -0.2) is 56.1 Å². The van der Waals surface area contributed by atoms with E-state index < -0.39 is 34.2 Å². The van der Waals surface area contributed by atoms with Crippen molar-refractivity contribution in [2.45, 2.75) is 95.5 Å². The topological polar surface area (TPSA) is 119 Å². The van der Waals surface area contributed by atoms with Gasteiger partial charge in [0.15, 0.2) is 9.84 Å². The number of hydrogen-bond donors (Lipinski definition) is 2. The van der Waals surface area contributed by atoms with Gasteiger partial charge in [0.1, 0.15) is 4.75 Å². The Labute approximate surface area is 263 Å². The second kappa shape index (κ2) is 12.9.